The van der Waals surface area contributed by atoms with Crippen LogP contribution in [-0.4, -0.2) is 148 Å². The van der Waals surface area contributed by atoms with E-state index in [-0.39, 0.29) is 43.7 Å². The highest BCUT2D eigenvalue weighted by molar-refractivity contribution is 5.99. The Morgan fingerprint density at radius 1 is 0.824 bits per heavy atom. The van der Waals surface area contributed by atoms with E-state index in [0.29, 0.717) is 12.0 Å². The van der Waals surface area contributed by atoms with Crippen LogP contribution < -0.4 is 59.7 Å². The molecule has 0 aliphatic carbocycles. The van der Waals surface area contributed by atoms with Gasteiger partial charge in [0.1, 0.15) is 42.0 Å². The Morgan fingerprint density at radius 2 is 1.47 bits per heavy atom. The number of nitrogens with zero attached hydrogens (tertiary/aromatic N) is 1. The molecular formula is C43H64N12O13. The molecule has 2 saturated heterocycles. The van der Waals surface area contributed by atoms with Crippen LogP contribution >= 0.6 is 0 Å². The maximum absolute atomic E-state index is 14.4. The van der Waals surface area contributed by atoms with Gasteiger partial charge in [-0.2, -0.15) is 0 Å². The zero-order valence-corrected chi connectivity index (χ0v) is 38.3. The van der Waals surface area contributed by atoms with Gasteiger partial charge in [0.2, 0.25) is 65.0 Å². The van der Waals surface area contributed by atoms with Crippen LogP contribution in [0.15, 0.2) is 36.5 Å². The van der Waals surface area contributed by atoms with E-state index in [1.807, 2.05) is 0 Å². The summed E-state index contributed by atoms with van der Waals surface area (Å²) in [5.74, 6) is -10.5. The third kappa shape index (κ3) is 17.2. The molecule has 0 saturated carbocycles. The molecule has 3 rings (SSSR count). The van der Waals surface area contributed by atoms with Crippen molar-refractivity contribution in [2.45, 2.75) is 127 Å². The lowest BCUT2D eigenvalue weighted by molar-refractivity contribution is -0.143. The van der Waals surface area contributed by atoms with Gasteiger partial charge in [-0.1, -0.05) is 39.0 Å². The number of benzene rings is 1. The zero-order valence-electron chi connectivity index (χ0n) is 38.3. The molecule has 25 heteroatoms. The first-order chi connectivity index (χ1) is 32.0. The van der Waals surface area contributed by atoms with Crippen LogP contribution in [0.5, 0.6) is 5.75 Å². The first-order valence-corrected chi connectivity index (χ1v) is 22.1. The number of hydrogen-bond donors (Lipinski definition) is 13. The number of phenolic OH excluding ortho intramolecular Hbond substituents is 1. The van der Waals surface area contributed by atoms with Crippen molar-refractivity contribution in [2.24, 2.45) is 23.1 Å². The second-order valence-corrected chi connectivity index (χ2v) is 16.8. The number of rotatable bonds is 16. The Kier molecular flexibility index (Phi) is 21.1. The molecule has 11 amide bonds. The van der Waals surface area contributed by atoms with Crippen LogP contribution in [0.3, 0.4) is 0 Å². The quantitative estimate of drug-likeness (QED) is 0.0738. The normalized spacial score (nSPS) is 23.7. The van der Waals surface area contributed by atoms with Gasteiger partial charge in [-0.15, -0.1) is 0 Å². The van der Waals surface area contributed by atoms with Gasteiger partial charge in [-0.3, -0.25) is 52.7 Å². The van der Waals surface area contributed by atoms with Crippen LogP contribution in [0.4, 0.5) is 0 Å². The Hall–Kier alpha value is -7.31. The molecule has 1 aromatic rings. The van der Waals surface area contributed by atoms with Crippen molar-refractivity contribution in [3.8, 4) is 5.75 Å². The minimum atomic E-state index is -1.81. The average molecular weight is 957 g/mol. The largest absolute Gasteiger partial charge is 0.508 e. The smallest absolute Gasteiger partial charge is 0.245 e. The fourth-order valence-corrected chi connectivity index (χ4v) is 7.39. The summed E-state index contributed by atoms with van der Waals surface area (Å²) in [4.78, 5) is 146. The molecule has 0 aromatic heterocycles. The molecule has 25 nitrogen and oxygen atoms in total. The van der Waals surface area contributed by atoms with E-state index in [4.69, 9.17) is 17.2 Å². The van der Waals surface area contributed by atoms with Gasteiger partial charge in [0, 0.05) is 25.1 Å². The molecule has 2 unspecified atom stereocenters. The second-order valence-electron chi connectivity index (χ2n) is 16.8. The van der Waals surface area contributed by atoms with Gasteiger partial charge in [0.25, 0.3) is 0 Å². The van der Waals surface area contributed by atoms with Crippen molar-refractivity contribution < 1.29 is 63.0 Å². The molecule has 0 bridgehead atoms. The van der Waals surface area contributed by atoms with Crippen LogP contribution in [0.2, 0.25) is 0 Å². The lowest BCUT2D eigenvalue weighted by atomic mass is 9.95. The Morgan fingerprint density at radius 3 is 2.07 bits per heavy atom. The van der Waals surface area contributed by atoms with Gasteiger partial charge in [-0.25, -0.2) is 0 Å². The SMILES string of the molecule is C=C1N[C@@H]([C@@H](C)CC)C(=O)N[C@@H](CCC(N)=O)C(=O)N[C@@H](CC(N)=O)C(=O)N[C@H](C(=O)N2CCCC2C(=O)N[C@H](C(=O)NCC(N)=O)C(C)O)CCC(=O)NCC(=O)N[C@H]1Cc1ccc(O)cc1. The number of nitrogens with two attached hydrogens (primary N) is 3. The monoisotopic (exact) mass is 956 g/mol. The van der Waals surface area contributed by atoms with Crippen molar-refractivity contribution in [3.05, 3.63) is 42.1 Å². The fourth-order valence-electron chi connectivity index (χ4n) is 7.39. The zero-order chi connectivity index (χ0) is 50.8. The van der Waals surface area contributed by atoms with Crippen molar-refractivity contribution in [3.63, 3.8) is 0 Å². The van der Waals surface area contributed by atoms with Gasteiger partial charge >= 0.3 is 0 Å². The highest BCUT2D eigenvalue weighted by Gasteiger charge is 2.41. The number of aromatic hydroxyl groups is 1. The molecule has 2 heterocycles. The number of aliphatic hydroxyl groups excluding tert-OH is 1. The van der Waals surface area contributed by atoms with Gasteiger partial charge in [-0.05, 0) is 62.6 Å². The highest BCUT2D eigenvalue weighted by Crippen LogP contribution is 2.21. The number of amides is 11. The average Bonchev–Trinajstić information content (AvgIpc) is 3.78. The maximum Gasteiger partial charge on any atom is 0.245 e. The van der Waals surface area contributed by atoms with E-state index < -0.39 is 158 Å². The van der Waals surface area contributed by atoms with Gasteiger partial charge in [0.05, 0.1) is 31.7 Å². The number of nitrogens with one attached hydrogen (secondary N) is 8. The van der Waals surface area contributed by atoms with Crippen molar-refractivity contribution in [1.82, 2.24) is 47.4 Å². The van der Waals surface area contributed by atoms with Crippen molar-refractivity contribution in [2.75, 3.05) is 19.6 Å². The molecule has 374 valence electrons. The standard InChI is InChI=1S/C43H64N12O13/c1-5-21(2)36-42(67)51-26(12-14-31(44)58)38(63)53-29(18-32(45)59)39(64)52-27(43(68)55-16-6-7-30(55)40(65)54-37(23(4)56)41(66)48-19-33(46)60)13-15-34(61)47-20-35(62)50-28(22(3)49-36)17-24-8-10-25(57)11-9-24/h8-11,21,23,26-30,36-37,49,56-57H,3,5-7,12-20H2,1-2,4H3,(H2,44,58)(H2,45,59)(H2,46,60)(H,47,61)(H,48,66)(H,50,62)(H,51,67)(H,52,64)(H,53,63)(H,54,65)/t21-,23?,26-,27-,28-,29-,30?,36-,37-/m0/s1. The molecule has 0 spiro atoms. The molecule has 2 aliphatic heterocycles. The van der Waals surface area contributed by atoms with E-state index in [0.717, 1.165) is 4.90 Å². The lowest BCUT2D eigenvalue weighted by Crippen LogP contribution is -2.61. The van der Waals surface area contributed by atoms with Crippen molar-refractivity contribution in [1.29, 1.82) is 0 Å². The predicted molar refractivity (Wildman–Crippen MR) is 240 cm³/mol. The lowest BCUT2D eigenvalue weighted by Gasteiger charge is -2.32. The van der Waals surface area contributed by atoms with E-state index in [9.17, 15) is 63.0 Å². The molecule has 68 heavy (non-hydrogen) atoms. The molecule has 9 atom stereocenters. The minimum absolute atomic E-state index is 0.0150. The first-order valence-electron chi connectivity index (χ1n) is 22.1. The summed E-state index contributed by atoms with van der Waals surface area (Å²) in [6, 6.07) is -3.84. The molecule has 16 N–H and O–H groups in total. The van der Waals surface area contributed by atoms with Crippen molar-refractivity contribution >= 4 is 65.0 Å². The number of phenols is 1. The third-order valence-electron chi connectivity index (χ3n) is 11.4. The van der Waals surface area contributed by atoms with Crippen LogP contribution in [0, 0.1) is 5.92 Å². The number of carbonyl (C=O) groups is 11. The highest BCUT2D eigenvalue weighted by atomic mass is 16.3. The minimum Gasteiger partial charge on any atom is -0.508 e. The first kappa shape index (κ1) is 55.0. The topological polar surface area (TPSA) is 406 Å². The molecular weight excluding hydrogens is 893 g/mol. The van der Waals surface area contributed by atoms with E-state index in [2.05, 4.69) is 49.1 Å². The number of carbonyl (C=O) groups excluding carboxylic acids is 11. The van der Waals surface area contributed by atoms with Crippen LogP contribution in [-0.2, 0) is 59.2 Å². The van der Waals surface area contributed by atoms with E-state index in [1.54, 1.807) is 26.0 Å². The summed E-state index contributed by atoms with van der Waals surface area (Å²) in [6.45, 7) is 7.57. The van der Waals surface area contributed by atoms with Gasteiger partial charge < -0.3 is 74.8 Å². The number of aliphatic hydroxyl groups is 1. The molecule has 0 radical (unpaired) electrons. The summed E-state index contributed by atoms with van der Waals surface area (Å²) >= 11 is 0. The fraction of sp³-hybridized carbons (Fsp3) is 0.558. The summed E-state index contributed by atoms with van der Waals surface area (Å²) in [5, 5.41) is 40.4. The molecule has 1 aromatic carbocycles. The van der Waals surface area contributed by atoms with Gasteiger partial charge in [0.15, 0.2) is 0 Å². The summed E-state index contributed by atoms with van der Waals surface area (Å²) < 4.78 is 0. The Balaban J connectivity index is 2.06. The van der Waals surface area contributed by atoms with E-state index in [1.165, 1.54) is 19.1 Å². The predicted octanol–water partition coefficient (Wildman–Crippen LogP) is -5.10. The third-order valence-corrected chi connectivity index (χ3v) is 11.4. The van der Waals surface area contributed by atoms with Crippen LogP contribution in [0.25, 0.3) is 0 Å². The maximum atomic E-state index is 14.4. The summed E-state index contributed by atoms with van der Waals surface area (Å²) in [7, 11) is 0. The molecule has 2 fully saturated rings. The second kappa shape index (κ2) is 26.1. The molecule has 2 aliphatic rings. The number of hydrogen-bond acceptors (Lipinski definition) is 14. The Bertz CT molecular complexity index is 2070. The summed E-state index contributed by atoms with van der Waals surface area (Å²) in [5.41, 5.74) is 16.8. The number of primary amides is 3. The number of likely N-dealkylation sites (tertiary alicyclic amines) is 1. The summed E-state index contributed by atoms with van der Waals surface area (Å²) in [6.07, 6.45) is -3.27. The Labute approximate surface area is 392 Å². The van der Waals surface area contributed by atoms with Crippen LogP contribution in [0.1, 0.15) is 77.7 Å². The van der Waals surface area contributed by atoms with E-state index >= 15 is 0 Å².